The second-order valence-electron chi connectivity index (χ2n) is 3.55. The Morgan fingerprint density at radius 1 is 1.43 bits per heavy atom. The van der Waals surface area contributed by atoms with Crippen LogP contribution in [0.1, 0.15) is 18.6 Å². The van der Waals surface area contributed by atoms with Crippen LogP contribution in [-0.4, -0.2) is 14.7 Å². The fourth-order valence-corrected chi connectivity index (χ4v) is 1.72. The third kappa shape index (κ3) is 1.94. The Labute approximate surface area is 88.8 Å². The van der Waals surface area contributed by atoms with Crippen molar-refractivity contribution in [1.82, 2.24) is 0 Å². The minimum absolute atomic E-state index is 0. The Balaban J connectivity index is 0.000000980. The summed E-state index contributed by atoms with van der Waals surface area (Å²) in [5.74, 6) is 0.577. The molecule has 0 saturated heterocycles. The molecule has 1 fully saturated rings. The molecular weight excluding hydrogens is 226 g/mol. The zero-order valence-corrected chi connectivity index (χ0v) is 9.32. The molecule has 1 aromatic rings. The minimum Gasteiger partial charge on any atom is -0.448 e. The van der Waals surface area contributed by atoms with Crippen molar-refractivity contribution < 1.29 is 12.8 Å². The second kappa shape index (κ2) is 3.25. The Hall–Kier alpha value is -0.520. The van der Waals surface area contributed by atoms with Crippen LogP contribution >= 0.6 is 12.4 Å². The van der Waals surface area contributed by atoms with Crippen LogP contribution in [0.4, 0.5) is 0 Å². The first-order valence-corrected chi connectivity index (χ1v) is 5.90. The lowest BCUT2D eigenvalue weighted by atomic mass is 10.2. The zero-order chi connectivity index (χ0) is 9.69. The first-order valence-electron chi connectivity index (χ1n) is 4.01. The monoisotopic (exact) mass is 237 g/mol. The molecule has 1 aliphatic rings. The molecule has 0 atom stereocenters. The smallest absolute Gasteiger partial charge is 0.217 e. The third-order valence-corrected chi connectivity index (χ3v) is 3.18. The van der Waals surface area contributed by atoms with Gasteiger partial charge >= 0.3 is 0 Å². The van der Waals surface area contributed by atoms with E-state index in [1.54, 1.807) is 6.07 Å². The lowest BCUT2D eigenvalue weighted by Gasteiger charge is -2.02. The summed E-state index contributed by atoms with van der Waals surface area (Å²) in [6, 6.07) is 3.10. The van der Waals surface area contributed by atoms with Gasteiger partial charge in [0.1, 0.15) is 5.76 Å². The number of furan rings is 1. The average Bonchev–Trinajstić information content (AvgIpc) is 2.60. The van der Waals surface area contributed by atoms with Gasteiger partial charge in [-0.1, -0.05) is 0 Å². The first-order chi connectivity index (χ1) is 5.92. The van der Waals surface area contributed by atoms with Crippen molar-refractivity contribution in [2.24, 2.45) is 5.73 Å². The number of nitrogens with two attached hydrogens (primary N) is 1. The molecule has 0 aliphatic heterocycles. The summed E-state index contributed by atoms with van der Waals surface area (Å²) in [6.45, 7) is 0. The average molecular weight is 238 g/mol. The van der Waals surface area contributed by atoms with Crippen molar-refractivity contribution in [3.8, 4) is 0 Å². The van der Waals surface area contributed by atoms with E-state index < -0.39 is 15.4 Å². The van der Waals surface area contributed by atoms with E-state index in [0.717, 1.165) is 19.1 Å². The normalized spacial score (nSPS) is 18.7. The Morgan fingerprint density at radius 3 is 2.36 bits per heavy atom. The van der Waals surface area contributed by atoms with Gasteiger partial charge in [-0.3, -0.25) is 0 Å². The molecule has 14 heavy (non-hydrogen) atoms. The van der Waals surface area contributed by atoms with Crippen molar-refractivity contribution >= 4 is 22.2 Å². The second-order valence-corrected chi connectivity index (χ2v) is 5.49. The Kier molecular flexibility index (Phi) is 2.69. The summed E-state index contributed by atoms with van der Waals surface area (Å²) >= 11 is 0. The molecule has 6 heteroatoms. The van der Waals surface area contributed by atoms with E-state index in [-0.39, 0.29) is 17.5 Å². The molecule has 0 radical (unpaired) electrons. The van der Waals surface area contributed by atoms with Gasteiger partial charge in [-0.2, -0.15) is 0 Å². The highest BCUT2D eigenvalue weighted by molar-refractivity contribution is 7.90. The molecule has 1 aliphatic carbocycles. The molecule has 0 unspecified atom stereocenters. The summed E-state index contributed by atoms with van der Waals surface area (Å²) in [6.07, 6.45) is 2.85. The highest BCUT2D eigenvalue weighted by Gasteiger charge is 2.43. The molecule has 0 aromatic carbocycles. The van der Waals surface area contributed by atoms with Gasteiger partial charge in [0.2, 0.25) is 14.9 Å². The van der Waals surface area contributed by atoms with Gasteiger partial charge in [-0.15, -0.1) is 12.4 Å². The van der Waals surface area contributed by atoms with Crippen molar-refractivity contribution in [2.75, 3.05) is 6.26 Å². The standard InChI is InChI=1S/C8H11NO3S.ClH/c1-13(10,11)7-3-2-6(12-7)8(9)4-5-8;/h2-3H,4-5,9H2,1H3;1H. The Morgan fingerprint density at radius 2 is 2.00 bits per heavy atom. The molecule has 1 heterocycles. The number of halogens is 1. The van der Waals surface area contributed by atoms with Crippen LogP contribution in [0.25, 0.3) is 0 Å². The van der Waals surface area contributed by atoms with Crippen LogP contribution in [0.3, 0.4) is 0 Å². The van der Waals surface area contributed by atoms with E-state index in [0.29, 0.717) is 5.76 Å². The van der Waals surface area contributed by atoms with Crippen LogP contribution in [-0.2, 0) is 15.4 Å². The summed E-state index contributed by atoms with van der Waals surface area (Å²) < 4.78 is 27.3. The van der Waals surface area contributed by atoms with Crippen molar-refractivity contribution in [3.05, 3.63) is 17.9 Å². The summed E-state index contributed by atoms with van der Waals surface area (Å²) in [7, 11) is -3.24. The van der Waals surface area contributed by atoms with Gasteiger partial charge < -0.3 is 10.2 Å². The van der Waals surface area contributed by atoms with Crippen molar-refractivity contribution in [3.63, 3.8) is 0 Å². The number of hydrogen-bond acceptors (Lipinski definition) is 4. The maximum absolute atomic E-state index is 11.1. The maximum Gasteiger partial charge on any atom is 0.217 e. The molecule has 2 rings (SSSR count). The quantitative estimate of drug-likeness (QED) is 0.835. The van der Waals surface area contributed by atoms with Crippen molar-refractivity contribution in [2.45, 2.75) is 23.5 Å². The lowest BCUT2D eigenvalue weighted by molar-refractivity contribution is 0.384. The fourth-order valence-electron chi connectivity index (χ4n) is 1.17. The molecular formula is C8H12ClNO3S. The molecule has 0 bridgehead atoms. The van der Waals surface area contributed by atoms with Crippen LogP contribution in [0.2, 0.25) is 0 Å². The lowest BCUT2D eigenvalue weighted by Crippen LogP contribution is -2.17. The summed E-state index contributed by atoms with van der Waals surface area (Å²) in [4.78, 5) is 0. The predicted molar refractivity (Wildman–Crippen MR) is 54.2 cm³/mol. The van der Waals surface area contributed by atoms with Gasteiger partial charge in [0.15, 0.2) is 0 Å². The van der Waals surface area contributed by atoms with Gasteiger partial charge in [-0.05, 0) is 25.0 Å². The van der Waals surface area contributed by atoms with Crippen LogP contribution < -0.4 is 5.73 Å². The molecule has 1 saturated carbocycles. The summed E-state index contributed by atoms with van der Waals surface area (Å²) in [5.41, 5.74) is 5.44. The number of hydrogen-bond donors (Lipinski definition) is 1. The summed E-state index contributed by atoms with van der Waals surface area (Å²) in [5, 5.41) is -0.000718. The van der Waals surface area contributed by atoms with E-state index in [1.165, 1.54) is 6.07 Å². The fraction of sp³-hybridized carbons (Fsp3) is 0.500. The van der Waals surface area contributed by atoms with E-state index in [1.807, 2.05) is 0 Å². The maximum atomic E-state index is 11.1. The molecule has 1 aromatic heterocycles. The number of rotatable bonds is 2. The molecule has 80 valence electrons. The number of sulfone groups is 1. The first kappa shape index (κ1) is 11.6. The largest absolute Gasteiger partial charge is 0.448 e. The minimum atomic E-state index is -3.24. The molecule has 0 spiro atoms. The van der Waals surface area contributed by atoms with E-state index in [2.05, 4.69) is 0 Å². The molecule has 0 amide bonds. The SMILES string of the molecule is CS(=O)(=O)c1ccc(C2(N)CC2)o1.Cl. The highest BCUT2D eigenvalue weighted by atomic mass is 35.5. The molecule has 4 nitrogen and oxygen atoms in total. The van der Waals surface area contributed by atoms with E-state index >= 15 is 0 Å². The van der Waals surface area contributed by atoms with Gasteiger partial charge in [0.25, 0.3) is 0 Å². The van der Waals surface area contributed by atoms with Gasteiger partial charge in [0.05, 0.1) is 5.54 Å². The predicted octanol–water partition coefficient (Wildman–Crippen LogP) is 1.05. The topological polar surface area (TPSA) is 73.3 Å². The third-order valence-electron chi connectivity index (χ3n) is 2.23. The van der Waals surface area contributed by atoms with Crippen LogP contribution in [0, 0.1) is 0 Å². The Bertz CT molecular complexity index is 433. The van der Waals surface area contributed by atoms with Crippen molar-refractivity contribution in [1.29, 1.82) is 0 Å². The van der Waals surface area contributed by atoms with Crippen LogP contribution in [0.15, 0.2) is 21.6 Å². The van der Waals surface area contributed by atoms with E-state index in [4.69, 9.17) is 10.2 Å². The van der Waals surface area contributed by atoms with Gasteiger partial charge in [0, 0.05) is 6.26 Å². The van der Waals surface area contributed by atoms with E-state index in [9.17, 15) is 8.42 Å². The van der Waals surface area contributed by atoms with Gasteiger partial charge in [-0.25, -0.2) is 8.42 Å². The molecule has 2 N–H and O–H groups in total. The zero-order valence-electron chi connectivity index (χ0n) is 7.69. The highest BCUT2D eigenvalue weighted by Crippen LogP contribution is 2.43. The van der Waals surface area contributed by atoms with Crippen LogP contribution in [0.5, 0.6) is 0 Å².